The highest BCUT2D eigenvalue weighted by atomic mass is 16.3. The molecule has 6 rings (SSSR count). The van der Waals surface area contributed by atoms with Gasteiger partial charge < -0.3 is 26.4 Å². The number of likely N-dealkylation sites (tertiary alicyclic amines) is 1. The van der Waals surface area contributed by atoms with Crippen molar-refractivity contribution in [2.75, 3.05) is 37.7 Å². The summed E-state index contributed by atoms with van der Waals surface area (Å²) in [5, 5.41) is 13.4. The second-order valence-corrected chi connectivity index (χ2v) is 9.30. The number of aliphatic hydroxyl groups excluding tert-OH is 1. The Hall–Kier alpha value is -3.07. The number of nitrogens with two attached hydrogens (primary N) is 2. The standard InChI is InChI=1S/C23H30N6O3/c1-13-16(9-26-29(13)7-8-30)22(31)27-11-17-14-5-6-20(18(17)12-27)28(10-14)23(32)15-3-2-4-19(24)21(15)25/h2-4,9,14,17-18,20,30H,5-8,10-12,24-25H2,1H3. The fourth-order valence-electron chi connectivity index (χ4n) is 6.05. The number of carbonyl (C=O) groups excluding carboxylic acids is 2. The van der Waals surface area contributed by atoms with Crippen molar-refractivity contribution in [2.45, 2.75) is 32.4 Å². The SMILES string of the molecule is Cc1c(C(=O)N2CC3C4CCC(C3C2)N(C(=O)c2cccc(N)c2N)C4)cnn1CCO. The average Bonchev–Trinajstić information content (AvgIpc) is 3.41. The van der Waals surface area contributed by atoms with Crippen molar-refractivity contribution in [1.29, 1.82) is 0 Å². The minimum Gasteiger partial charge on any atom is -0.397 e. The van der Waals surface area contributed by atoms with Gasteiger partial charge in [0.05, 0.1) is 41.9 Å². The molecule has 3 saturated heterocycles. The molecule has 5 N–H and O–H groups in total. The van der Waals surface area contributed by atoms with Crippen molar-refractivity contribution in [3.05, 3.63) is 41.2 Å². The largest absolute Gasteiger partial charge is 0.397 e. The zero-order chi connectivity index (χ0) is 22.6. The van der Waals surface area contributed by atoms with Crippen LogP contribution in [-0.2, 0) is 6.54 Å². The number of amides is 2. The number of para-hydroxylation sites is 1. The molecule has 4 fully saturated rings. The monoisotopic (exact) mass is 438 g/mol. The van der Waals surface area contributed by atoms with E-state index in [9.17, 15) is 14.7 Å². The van der Waals surface area contributed by atoms with Gasteiger partial charge in [0.2, 0.25) is 0 Å². The molecule has 170 valence electrons. The number of benzene rings is 1. The molecule has 9 nitrogen and oxygen atoms in total. The van der Waals surface area contributed by atoms with E-state index < -0.39 is 0 Å². The summed E-state index contributed by atoms with van der Waals surface area (Å²) in [5.74, 6) is 0.984. The van der Waals surface area contributed by atoms with E-state index in [2.05, 4.69) is 5.10 Å². The molecule has 2 aromatic rings. The minimum absolute atomic E-state index is 0.0153. The predicted molar refractivity (Wildman–Crippen MR) is 120 cm³/mol. The Kier molecular flexibility index (Phi) is 5.08. The van der Waals surface area contributed by atoms with E-state index in [-0.39, 0.29) is 30.4 Å². The molecule has 1 aromatic heterocycles. The van der Waals surface area contributed by atoms with Crippen molar-refractivity contribution in [3.63, 3.8) is 0 Å². The number of hydrogen-bond donors (Lipinski definition) is 3. The van der Waals surface area contributed by atoms with E-state index in [1.54, 1.807) is 29.1 Å². The lowest BCUT2D eigenvalue weighted by Crippen LogP contribution is -2.59. The third-order valence-electron chi connectivity index (χ3n) is 7.74. The quantitative estimate of drug-likeness (QED) is 0.610. The van der Waals surface area contributed by atoms with Crippen molar-refractivity contribution < 1.29 is 14.7 Å². The number of carbonyl (C=O) groups is 2. The molecule has 3 aliphatic heterocycles. The molecule has 1 aromatic carbocycles. The normalized spacial score (nSPS) is 26.4. The fourth-order valence-corrected chi connectivity index (χ4v) is 6.05. The highest BCUT2D eigenvalue weighted by Gasteiger charge is 2.53. The van der Waals surface area contributed by atoms with Crippen LogP contribution in [0.25, 0.3) is 0 Å². The van der Waals surface area contributed by atoms with Crippen LogP contribution in [0.3, 0.4) is 0 Å². The Balaban J connectivity index is 1.36. The van der Waals surface area contributed by atoms with Crippen LogP contribution in [0.15, 0.2) is 24.4 Å². The summed E-state index contributed by atoms with van der Waals surface area (Å²) >= 11 is 0. The number of hydrogen-bond acceptors (Lipinski definition) is 6. The van der Waals surface area contributed by atoms with Gasteiger partial charge in [-0.3, -0.25) is 14.3 Å². The summed E-state index contributed by atoms with van der Waals surface area (Å²) in [7, 11) is 0. The number of aliphatic hydroxyl groups is 1. The van der Waals surface area contributed by atoms with Crippen LogP contribution >= 0.6 is 0 Å². The van der Waals surface area contributed by atoms with E-state index in [1.807, 2.05) is 16.7 Å². The molecule has 1 saturated carbocycles. The van der Waals surface area contributed by atoms with Crippen LogP contribution in [0.2, 0.25) is 0 Å². The maximum absolute atomic E-state index is 13.4. The lowest BCUT2D eigenvalue weighted by atomic mass is 9.66. The summed E-state index contributed by atoms with van der Waals surface area (Å²) in [6.07, 6.45) is 3.63. The van der Waals surface area contributed by atoms with Gasteiger partial charge in [-0.15, -0.1) is 0 Å². The molecule has 2 bridgehead atoms. The van der Waals surface area contributed by atoms with Gasteiger partial charge in [-0.2, -0.15) is 5.10 Å². The summed E-state index contributed by atoms with van der Waals surface area (Å²) < 4.78 is 1.66. The predicted octanol–water partition coefficient (Wildman–Crippen LogP) is 0.971. The highest BCUT2D eigenvalue weighted by molar-refractivity contribution is 6.02. The molecule has 2 amide bonds. The summed E-state index contributed by atoms with van der Waals surface area (Å²) in [4.78, 5) is 30.6. The first kappa shape index (κ1) is 20.8. The molecule has 4 atom stereocenters. The van der Waals surface area contributed by atoms with Crippen LogP contribution in [0.5, 0.6) is 0 Å². The molecule has 1 aliphatic carbocycles. The molecule has 32 heavy (non-hydrogen) atoms. The lowest BCUT2D eigenvalue weighted by Gasteiger charge is -2.52. The number of fused-ring (bicyclic) bond motifs is 2. The average molecular weight is 439 g/mol. The maximum Gasteiger partial charge on any atom is 0.257 e. The van der Waals surface area contributed by atoms with Gasteiger partial charge in [-0.05, 0) is 43.7 Å². The summed E-state index contributed by atoms with van der Waals surface area (Å²) in [6, 6.07) is 5.31. The van der Waals surface area contributed by atoms with Crippen molar-refractivity contribution in [2.24, 2.45) is 17.8 Å². The Morgan fingerprint density at radius 2 is 1.88 bits per heavy atom. The lowest BCUT2D eigenvalue weighted by molar-refractivity contribution is -0.0143. The molecular formula is C23H30N6O3. The van der Waals surface area contributed by atoms with Gasteiger partial charge >= 0.3 is 0 Å². The number of piperidine rings is 2. The van der Waals surface area contributed by atoms with Gasteiger partial charge in [0, 0.05) is 37.3 Å². The number of anilines is 2. The van der Waals surface area contributed by atoms with E-state index in [0.717, 1.165) is 25.1 Å². The van der Waals surface area contributed by atoms with E-state index in [0.29, 0.717) is 54.0 Å². The third-order valence-corrected chi connectivity index (χ3v) is 7.74. The van der Waals surface area contributed by atoms with Crippen LogP contribution < -0.4 is 11.5 Å². The zero-order valence-corrected chi connectivity index (χ0v) is 18.3. The Morgan fingerprint density at radius 3 is 2.66 bits per heavy atom. The van der Waals surface area contributed by atoms with Crippen LogP contribution in [0, 0.1) is 24.7 Å². The smallest absolute Gasteiger partial charge is 0.257 e. The van der Waals surface area contributed by atoms with Crippen molar-refractivity contribution in [3.8, 4) is 0 Å². The number of nitrogen functional groups attached to an aromatic ring is 2. The third kappa shape index (κ3) is 3.14. The van der Waals surface area contributed by atoms with Gasteiger partial charge in [0.25, 0.3) is 11.8 Å². The van der Waals surface area contributed by atoms with Gasteiger partial charge in [0.15, 0.2) is 0 Å². The minimum atomic E-state index is -0.0612. The summed E-state index contributed by atoms with van der Waals surface area (Å²) in [5.41, 5.74) is 14.6. The van der Waals surface area contributed by atoms with Crippen LogP contribution in [0.4, 0.5) is 11.4 Å². The van der Waals surface area contributed by atoms with E-state index in [4.69, 9.17) is 11.5 Å². The fraction of sp³-hybridized carbons (Fsp3) is 0.522. The highest BCUT2D eigenvalue weighted by Crippen LogP contribution is 2.48. The summed E-state index contributed by atoms with van der Waals surface area (Å²) in [6.45, 7) is 4.28. The maximum atomic E-state index is 13.4. The first-order valence-corrected chi connectivity index (χ1v) is 11.3. The molecule has 9 heteroatoms. The first-order chi connectivity index (χ1) is 15.4. The van der Waals surface area contributed by atoms with E-state index >= 15 is 0 Å². The molecular weight excluding hydrogens is 408 g/mol. The van der Waals surface area contributed by atoms with Gasteiger partial charge in [0.1, 0.15) is 0 Å². The van der Waals surface area contributed by atoms with Gasteiger partial charge in [-0.25, -0.2) is 0 Å². The Labute approximate surface area is 187 Å². The first-order valence-electron chi connectivity index (χ1n) is 11.3. The van der Waals surface area contributed by atoms with Crippen LogP contribution in [-0.4, -0.2) is 68.8 Å². The van der Waals surface area contributed by atoms with E-state index in [1.165, 1.54) is 0 Å². The molecule has 0 radical (unpaired) electrons. The number of nitrogens with zero attached hydrogens (tertiary/aromatic N) is 4. The Bertz CT molecular complexity index is 1070. The second-order valence-electron chi connectivity index (χ2n) is 9.30. The number of aromatic nitrogens is 2. The molecule has 4 unspecified atom stereocenters. The number of rotatable bonds is 4. The topological polar surface area (TPSA) is 131 Å². The van der Waals surface area contributed by atoms with Crippen molar-refractivity contribution in [1.82, 2.24) is 19.6 Å². The van der Waals surface area contributed by atoms with Crippen molar-refractivity contribution >= 4 is 23.2 Å². The second kappa shape index (κ2) is 7.81. The van der Waals surface area contributed by atoms with Crippen LogP contribution in [0.1, 0.15) is 39.3 Å². The molecule has 4 aliphatic rings. The Morgan fingerprint density at radius 1 is 1.09 bits per heavy atom. The van der Waals surface area contributed by atoms with Gasteiger partial charge in [-0.1, -0.05) is 6.07 Å². The molecule has 4 heterocycles. The zero-order valence-electron chi connectivity index (χ0n) is 18.3. The molecule has 0 spiro atoms.